The Morgan fingerprint density at radius 3 is 2.27 bits per heavy atom. The second-order valence-electron chi connectivity index (χ2n) is 11.5. The van der Waals surface area contributed by atoms with Crippen LogP contribution in [-0.2, 0) is 42.6 Å². The van der Waals surface area contributed by atoms with Crippen molar-refractivity contribution in [2.45, 2.75) is 38.9 Å². The van der Waals surface area contributed by atoms with Gasteiger partial charge >= 0.3 is 0 Å². The van der Waals surface area contributed by atoms with Gasteiger partial charge in [0.15, 0.2) is 0 Å². The molecule has 7 nitrogen and oxygen atoms in total. The van der Waals surface area contributed by atoms with Crippen LogP contribution in [0.25, 0.3) is 17.2 Å². The summed E-state index contributed by atoms with van der Waals surface area (Å²) >= 11 is 0. The van der Waals surface area contributed by atoms with Gasteiger partial charge in [0.05, 0.1) is 6.20 Å². The molecule has 3 heterocycles. The standard InChI is InChI=1S/C38H37N5O2/c1-28-34(25-40-41(28)2)16-17-37(44)43(26-30-12-14-32(15-13-30)33-18-21-39-22-19-33)36(24-29-8-4-3-5-9-29)38(45)42-23-20-31-10-6-7-11-35(31)27-42/h3-19,21-22,25,36H,20,23-24,26-27H2,1-2H3/b17-16+/t36-/m0/s1. The Morgan fingerprint density at radius 2 is 1.56 bits per heavy atom. The highest BCUT2D eigenvalue weighted by atomic mass is 16.2. The molecule has 1 aliphatic heterocycles. The molecule has 0 saturated heterocycles. The van der Waals surface area contributed by atoms with Crippen LogP contribution in [-0.4, -0.2) is 49.0 Å². The van der Waals surface area contributed by atoms with Crippen LogP contribution in [0.1, 0.15) is 33.5 Å². The highest BCUT2D eigenvalue weighted by Gasteiger charge is 2.34. The molecule has 0 saturated carbocycles. The number of hydrogen-bond donors (Lipinski definition) is 0. The fourth-order valence-corrected chi connectivity index (χ4v) is 5.88. The molecule has 6 rings (SSSR count). The Labute approximate surface area is 264 Å². The van der Waals surface area contributed by atoms with Crippen LogP contribution >= 0.6 is 0 Å². The van der Waals surface area contributed by atoms with Gasteiger partial charge in [-0.1, -0.05) is 78.9 Å². The number of rotatable bonds is 9. The van der Waals surface area contributed by atoms with E-state index < -0.39 is 6.04 Å². The van der Waals surface area contributed by atoms with Gasteiger partial charge in [0.25, 0.3) is 0 Å². The van der Waals surface area contributed by atoms with Crippen LogP contribution in [0.5, 0.6) is 0 Å². The topological polar surface area (TPSA) is 71.3 Å². The average molecular weight is 596 g/mol. The molecule has 0 radical (unpaired) electrons. The summed E-state index contributed by atoms with van der Waals surface area (Å²) < 4.78 is 1.78. The molecule has 5 aromatic rings. The van der Waals surface area contributed by atoms with Crippen molar-refractivity contribution in [3.05, 3.63) is 149 Å². The third-order valence-electron chi connectivity index (χ3n) is 8.66. The second kappa shape index (κ2) is 13.6. The van der Waals surface area contributed by atoms with Gasteiger partial charge in [-0.3, -0.25) is 19.3 Å². The smallest absolute Gasteiger partial charge is 0.247 e. The van der Waals surface area contributed by atoms with Crippen molar-refractivity contribution in [2.75, 3.05) is 6.54 Å². The minimum absolute atomic E-state index is 0.0407. The number of hydrogen-bond acceptors (Lipinski definition) is 4. The molecule has 226 valence electrons. The highest BCUT2D eigenvalue weighted by molar-refractivity contribution is 5.96. The van der Waals surface area contributed by atoms with Crippen molar-refractivity contribution < 1.29 is 9.59 Å². The number of fused-ring (bicyclic) bond motifs is 1. The summed E-state index contributed by atoms with van der Waals surface area (Å²) in [6.45, 7) is 3.41. The summed E-state index contributed by atoms with van der Waals surface area (Å²) in [6, 6.07) is 29.7. The normalized spacial score (nSPS) is 13.4. The fourth-order valence-electron chi connectivity index (χ4n) is 5.88. The first-order chi connectivity index (χ1) is 22.0. The molecule has 1 atom stereocenters. The van der Waals surface area contributed by atoms with Crippen LogP contribution in [0.15, 0.2) is 116 Å². The molecule has 45 heavy (non-hydrogen) atoms. The maximum Gasteiger partial charge on any atom is 0.247 e. The van der Waals surface area contributed by atoms with Gasteiger partial charge in [-0.05, 0) is 64.9 Å². The van der Waals surface area contributed by atoms with Gasteiger partial charge < -0.3 is 9.80 Å². The van der Waals surface area contributed by atoms with Crippen LogP contribution in [0.4, 0.5) is 0 Å². The van der Waals surface area contributed by atoms with Crippen molar-refractivity contribution in [3.8, 4) is 11.1 Å². The minimum atomic E-state index is -0.690. The molecule has 0 fully saturated rings. The largest absolute Gasteiger partial charge is 0.336 e. The van der Waals surface area contributed by atoms with Crippen molar-refractivity contribution in [1.82, 2.24) is 24.6 Å². The number of carbonyl (C=O) groups is 2. The number of aryl methyl sites for hydroxylation is 1. The van der Waals surface area contributed by atoms with Gasteiger partial charge in [0, 0.05) is 62.8 Å². The lowest BCUT2D eigenvalue weighted by Crippen LogP contribution is -2.52. The van der Waals surface area contributed by atoms with E-state index in [-0.39, 0.29) is 11.8 Å². The number of aromatic nitrogens is 3. The molecule has 0 unspecified atom stereocenters. The predicted octanol–water partition coefficient (Wildman–Crippen LogP) is 6.03. The first-order valence-corrected chi connectivity index (χ1v) is 15.3. The van der Waals surface area contributed by atoms with Crippen molar-refractivity contribution in [3.63, 3.8) is 0 Å². The zero-order valence-electron chi connectivity index (χ0n) is 25.7. The molecule has 0 aliphatic carbocycles. The molecule has 1 aliphatic rings. The lowest BCUT2D eigenvalue weighted by atomic mass is 9.97. The lowest BCUT2D eigenvalue weighted by molar-refractivity contribution is -0.144. The van der Waals surface area contributed by atoms with E-state index in [0.717, 1.165) is 45.5 Å². The predicted molar refractivity (Wildman–Crippen MR) is 177 cm³/mol. The van der Waals surface area contributed by atoms with Gasteiger partial charge in [0.2, 0.25) is 11.8 Å². The number of nitrogens with zero attached hydrogens (tertiary/aromatic N) is 5. The number of carbonyl (C=O) groups excluding carboxylic acids is 2. The molecule has 3 aromatic carbocycles. The Hall–Kier alpha value is -5.30. The van der Waals surface area contributed by atoms with Crippen LogP contribution < -0.4 is 0 Å². The van der Waals surface area contributed by atoms with E-state index >= 15 is 0 Å². The van der Waals surface area contributed by atoms with Crippen LogP contribution in [0.2, 0.25) is 0 Å². The number of pyridine rings is 1. The minimum Gasteiger partial charge on any atom is -0.336 e. The molecule has 2 aromatic heterocycles. The molecule has 0 N–H and O–H groups in total. The van der Waals surface area contributed by atoms with Crippen molar-refractivity contribution in [1.29, 1.82) is 0 Å². The molecule has 0 spiro atoms. The monoisotopic (exact) mass is 595 g/mol. The number of amides is 2. The highest BCUT2D eigenvalue weighted by Crippen LogP contribution is 2.24. The SMILES string of the molecule is Cc1c(/C=C/C(=O)N(Cc2ccc(-c3ccncc3)cc2)[C@@H](Cc2ccccc2)C(=O)N2CCc3ccccc3C2)cnn1C. The molecule has 7 heteroatoms. The molecule has 2 amide bonds. The summed E-state index contributed by atoms with van der Waals surface area (Å²) in [5.74, 6) is -0.260. The Bertz CT molecular complexity index is 1800. The average Bonchev–Trinajstić information content (AvgIpc) is 3.41. The summed E-state index contributed by atoms with van der Waals surface area (Å²) in [7, 11) is 1.88. The number of benzene rings is 3. The lowest BCUT2D eigenvalue weighted by Gasteiger charge is -2.37. The van der Waals surface area contributed by atoms with E-state index in [2.05, 4.69) is 34.3 Å². The third-order valence-corrected chi connectivity index (χ3v) is 8.66. The van der Waals surface area contributed by atoms with E-state index in [1.54, 1.807) is 40.3 Å². The Balaban J connectivity index is 1.35. The Kier molecular flexibility index (Phi) is 8.96. The van der Waals surface area contributed by atoms with E-state index in [9.17, 15) is 9.59 Å². The Morgan fingerprint density at radius 1 is 0.867 bits per heavy atom. The van der Waals surface area contributed by atoms with Gasteiger partial charge in [-0.2, -0.15) is 5.10 Å². The maximum absolute atomic E-state index is 14.5. The second-order valence-corrected chi connectivity index (χ2v) is 11.5. The van der Waals surface area contributed by atoms with Crippen LogP contribution in [0.3, 0.4) is 0 Å². The molecule has 0 bridgehead atoms. The van der Waals surface area contributed by atoms with Gasteiger partial charge in [-0.25, -0.2) is 0 Å². The van der Waals surface area contributed by atoms with Gasteiger partial charge in [-0.15, -0.1) is 0 Å². The van der Waals surface area contributed by atoms with Crippen molar-refractivity contribution >= 4 is 17.9 Å². The summed E-state index contributed by atoms with van der Waals surface area (Å²) in [5, 5.41) is 4.31. The summed E-state index contributed by atoms with van der Waals surface area (Å²) in [6.07, 6.45) is 9.89. The van der Waals surface area contributed by atoms with Gasteiger partial charge in [0.1, 0.15) is 6.04 Å². The first-order valence-electron chi connectivity index (χ1n) is 15.3. The fraction of sp³-hybridized carbons (Fsp3) is 0.211. The van der Waals surface area contributed by atoms with E-state index in [1.165, 1.54) is 5.56 Å². The maximum atomic E-state index is 14.5. The zero-order valence-corrected chi connectivity index (χ0v) is 25.7. The third kappa shape index (κ3) is 6.93. The quantitative estimate of drug-likeness (QED) is 0.195. The molecular formula is C38H37N5O2. The zero-order chi connectivity index (χ0) is 31.2. The summed E-state index contributed by atoms with van der Waals surface area (Å²) in [4.78, 5) is 36.5. The van der Waals surface area contributed by atoms with E-state index in [4.69, 9.17) is 0 Å². The van der Waals surface area contributed by atoms with E-state index in [1.807, 2.05) is 85.6 Å². The summed E-state index contributed by atoms with van der Waals surface area (Å²) in [5.41, 5.74) is 8.35. The van der Waals surface area contributed by atoms with E-state index in [0.29, 0.717) is 26.1 Å². The van der Waals surface area contributed by atoms with Crippen molar-refractivity contribution in [2.24, 2.45) is 7.05 Å². The first kappa shape index (κ1) is 29.8. The molecular weight excluding hydrogens is 558 g/mol. The van der Waals surface area contributed by atoms with Crippen LogP contribution in [0, 0.1) is 6.92 Å².